The van der Waals surface area contributed by atoms with Gasteiger partial charge in [0.15, 0.2) is 0 Å². The molecular weight excluding hydrogens is 286 g/mol. The fraction of sp³-hybridized carbons (Fsp3) is 0.267. The molecule has 7 heteroatoms. The van der Waals surface area contributed by atoms with Crippen molar-refractivity contribution in [1.82, 2.24) is 9.88 Å². The number of carbonyl (C=O) groups is 2. The number of hydrogen-bond acceptors (Lipinski definition) is 4. The summed E-state index contributed by atoms with van der Waals surface area (Å²) in [6.45, 7) is 0.153. The van der Waals surface area contributed by atoms with Crippen molar-refractivity contribution in [3.05, 3.63) is 36.7 Å². The van der Waals surface area contributed by atoms with Crippen LogP contribution < -0.4 is 5.32 Å². The largest absolute Gasteiger partial charge is 0.481 e. The van der Waals surface area contributed by atoms with Crippen molar-refractivity contribution < 1.29 is 19.8 Å². The summed E-state index contributed by atoms with van der Waals surface area (Å²) < 4.78 is 0. The van der Waals surface area contributed by atoms with Crippen LogP contribution in [0.5, 0.6) is 0 Å². The second kappa shape index (κ2) is 5.51. The molecule has 114 valence electrons. The molecule has 1 fully saturated rings. The van der Waals surface area contributed by atoms with E-state index in [2.05, 4.69) is 10.3 Å². The predicted octanol–water partition coefficient (Wildman–Crippen LogP) is 1.71. The molecule has 1 aromatic heterocycles. The van der Waals surface area contributed by atoms with Crippen molar-refractivity contribution >= 4 is 28.5 Å². The zero-order valence-electron chi connectivity index (χ0n) is 11.6. The van der Waals surface area contributed by atoms with Gasteiger partial charge in [0.2, 0.25) is 0 Å². The van der Waals surface area contributed by atoms with Crippen LogP contribution in [0.4, 0.5) is 10.5 Å². The van der Waals surface area contributed by atoms with Crippen LogP contribution in [-0.4, -0.2) is 51.3 Å². The predicted molar refractivity (Wildman–Crippen MR) is 79.9 cm³/mol. The first kappa shape index (κ1) is 14.1. The van der Waals surface area contributed by atoms with Crippen molar-refractivity contribution in [2.75, 3.05) is 18.4 Å². The highest BCUT2D eigenvalue weighted by molar-refractivity contribution is 5.85. The van der Waals surface area contributed by atoms with E-state index in [0.717, 1.165) is 21.4 Å². The summed E-state index contributed by atoms with van der Waals surface area (Å²) in [5.41, 5.74) is 0.766. The minimum absolute atomic E-state index is 0.000164. The average Bonchev–Trinajstić information content (AvgIpc) is 2.91. The van der Waals surface area contributed by atoms with E-state index in [1.807, 2.05) is 24.3 Å². The fourth-order valence-electron chi connectivity index (χ4n) is 2.74. The highest BCUT2D eigenvalue weighted by Crippen LogP contribution is 2.24. The average molecular weight is 301 g/mol. The van der Waals surface area contributed by atoms with Crippen molar-refractivity contribution in [2.24, 2.45) is 5.92 Å². The summed E-state index contributed by atoms with van der Waals surface area (Å²) in [7, 11) is 0. The van der Waals surface area contributed by atoms with Crippen LogP contribution in [0.3, 0.4) is 0 Å². The van der Waals surface area contributed by atoms with Gasteiger partial charge in [0.05, 0.1) is 12.0 Å². The van der Waals surface area contributed by atoms with Crippen molar-refractivity contribution in [3.63, 3.8) is 0 Å². The smallest absolute Gasteiger partial charge is 0.407 e. The Bertz CT molecular complexity index is 734. The molecule has 0 aliphatic carbocycles. The molecule has 0 unspecified atom stereocenters. The molecule has 1 aromatic carbocycles. The van der Waals surface area contributed by atoms with Gasteiger partial charge < -0.3 is 20.4 Å². The Hall–Kier alpha value is -2.83. The lowest BCUT2D eigenvalue weighted by Crippen LogP contribution is -2.33. The first-order chi connectivity index (χ1) is 10.5. The van der Waals surface area contributed by atoms with E-state index in [1.165, 1.54) is 0 Å². The van der Waals surface area contributed by atoms with E-state index in [-0.39, 0.29) is 13.1 Å². The van der Waals surface area contributed by atoms with Crippen LogP contribution in [0.1, 0.15) is 0 Å². The molecule has 22 heavy (non-hydrogen) atoms. The third kappa shape index (κ3) is 2.65. The van der Waals surface area contributed by atoms with Crippen LogP contribution in [-0.2, 0) is 4.79 Å². The first-order valence-corrected chi connectivity index (χ1v) is 6.85. The van der Waals surface area contributed by atoms with Gasteiger partial charge in [0, 0.05) is 36.6 Å². The zero-order valence-corrected chi connectivity index (χ0v) is 11.6. The van der Waals surface area contributed by atoms with Gasteiger partial charge in [-0.1, -0.05) is 6.07 Å². The third-order valence-corrected chi connectivity index (χ3v) is 3.90. The molecule has 2 heterocycles. The van der Waals surface area contributed by atoms with E-state index in [1.54, 1.807) is 12.4 Å². The SMILES string of the molecule is O=C(O)[C@H]1CN(C(=O)O)C[C@@H]1Nc1ccc2cnccc2c1. The fourth-order valence-corrected chi connectivity index (χ4v) is 2.74. The first-order valence-electron chi connectivity index (χ1n) is 6.85. The number of hydrogen-bond donors (Lipinski definition) is 3. The Kier molecular flexibility index (Phi) is 3.54. The summed E-state index contributed by atoms with van der Waals surface area (Å²) >= 11 is 0. The van der Waals surface area contributed by atoms with Crippen LogP contribution in [0.25, 0.3) is 10.8 Å². The Morgan fingerprint density at radius 2 is 2.00 bits per heavy atom. The lowest BCUT2D eigenvalue weighted by molar-refractivity contribution is -0.141. The number of fused-ring (bicyclic) bond motifs is 1. The number of anilines is 1. The van der Waals surface area contributed by atoms with Gasteiger partial charge in [0.25, 0.3) is 0 Å². The molecule has 0 radical (unpaired) electrons. The Morgan fingerprint density at radius 1 is 1.18 bits per heavy atom. The molecule has 0 saturated carbocycles. The molecule has 2 aromatic rings. The van der Waals surface area contributed by atoms with E-state index < -0.39 is 24.0 Å². The topological polar surface area (TPSA) is 103 Å². The third-order valence-electron chi connectivity index (χ3n) is 3.90. The number of carboxylic acid groups (broad SMARTS) is 2. The monoisotopic (exact) mass is 301 g/mol. The van der Waals surface area contributed by atoms with Gasteiger partial charge in [0.1, 0.15) is 0 Å². The highest BCUT2D eigenvalue weighted by atomic mass is 16.4. The maximum absolute atomic E-state index is 11.3. The molecule has 2 atom stereocenters. The molecule has 0 spiro atoms. The number of likely N-dealkylation sites (tertiary alicyclic amines) is 1. The van der Waals surface area contributed by atoms with Gasteiger partial charge in [-0.3, -0.25) is 9.78 Å². The lowest BCUT2D eigenvalue weighted by Gasteiger charge is -2.18. The highest BCUT2D eigenvalue weighted by Gasteiger charge is 2.39. The second-order valence-corrected chi connectivity index (χ2v) is 5.32. The summed E-state index contributed by atoms with van der Waals surface area (Å²) in [6, 6.07) is 7.05. The number of amides is 1. The molecule has 1 saturated heterocycles. The van der Waals surface area contributed by atoms with Gasteiger partial charge in [-0.2, -0.15) is 0 Å². The molecule has 1 amide bonds. The Balaban J connectivity index is 1.83. The number of benzene rings is 1. The van der Waals surface area contributed by atoms with Gasteiger partial charge in [-0.05, 0) is 23.6 Å². The van der Waals surface area contributed by atoms with Gasteiger partial charge in [-0.15, -0.1) is 0 Å². The number of nitrogens with one attached hydrogen (secondary N) is 1. The minimum atomic E-state index is -1.10. The summed E-state index contributed by atoms with van der Waals surface area (Å²) in [5.74, 6) is -1.75. The minimum Gasteiger partial charge on any atom is -0.481 e. The maximum Gasteiger partial charge on any atom is 0.407 e. The van der Waals surface area contributed by atoms with Crippen molar-refractivity contribution in [1.29, 1.82) is 0 Å². The lowest BCUT2D eigenvalue weighted by atomic mass is 10.0. The van der Waals surface area contributed by atoms with Crippen LogP contribution in [0.2, 0.25) is 0 Å². The molecule has 3 N–H and O–H groups in total. The van der Waals surface area contributed by atoms with Crippen LogP contribution in [0, 0.1) is 5.92 Å². The van der Waals surface area contributed by atoms with Crippen LogP contribution in [0.15, 0.2) is 36.7 Å². The molecule has 1 aliphatic heterocycles. The number of rotatable bonds is 3. The van der Waals surface area contributed by atoms with Crippen LogP contribution >= 0.6 is 0 Å². The summed E-state index contributed by atoms with van der Waals surface area (Å²) in [5, 5.41) is 23.4. The zero-order chi connectivity index (χ0) is 15.7. The van der Waals surface area contributed by atoms with Crippen molar-refractivity contribution in [2.45, 2.75) is 6.04 Å². The quantitative estimate of drug-likeness (QED) is 0.797. The molecule has 0 bridgehead atoms. The molecule has 3 rings (SSSR count). The van der Waals surface area contributed by atoms with E-state index >= 15 is 0 Å². The number of nitrogens with zero attached hydrogens (tertiary/aromatic N) is 2. The molecule has 7 nitrogen and oxygen atoms in total. The molecule has 1 aliphatic rings. The Morgan fingerprint density at radius 3 is 2.73 bits per heavy atom. The normalized spacial score (nSPS) is 21.0. The number of aromatic nitrogens is 1. The molecular formula is C15H15N3O4. The van der Waals surface area contributed by atoms with Gasteiger partial charge in [-0.25, -0.2) is 4.79 Å². The van der Waals surface area contributed by atoms with Gasteiger partial charge >= 0.3 is 12.1 Å². The summed E-state index contributed by atoms with van der Waals surface area (Å²) in [4.78, 5) is 27.5. The Labute approximate surface area is 126 Å². The number of carboxylic acids is 1. The van der Waals surface area contributed by atoms with E-state index in [4.69, 9.17) is 5.11 Å². The number of aliphatic carboxylic acids is 1. The van der Waals surface area contributed by atoms with Crippen molar-refractivity contribution in [3.8, 4) is 0 Å². The summed E-state index contributed by atoms with van der Waals surface area (Å²) in [6.07, 6.45) is 2.34. The standard InChI is InChI=1S/C15H15N3O4/c19-14(20)12-7-18(15(21)22)8-13(12)17-11-2-1-10-6-16-4-3-9(10)5-11/h1-6,12-13,17H,7-8H2,(H,19,20)(H,21,22)/t12-,13-/m0/s1. The van der Waals surface area contributed by atoms with E-state index in [9.17, 15) is 14.7 Å². The van der Waals surface area contributed by atoms with E-state index in [0.29, 0.717) is 0 Å². The second-order valence-electron chi connectivity index (χ2n) is 5.32. The number of pyridine rings is 1. The maximum atomic E-state index is 11.3.